The second-order valence-electron chi connectivity index (χ2n) is 20.0. The summed E-state index contributed by atoms with van der Waals surface area (Å²) in [4.78, 5) is 0. The van der Waals surface area contributed by atoms with Crippen LogP contribution in [0.1, 0.15) is 111 Å². The van der Waals surface area contributed by atoms with Gasteiger partial charge in [0.25, 0.3) is 0 Å². The lowest BCUT2D eigenvalue weighted by Gasteiger charge is -2.27. The monoisotopic (exact) mass is 692 g/mol. The Kier molecular flexibility index (Phi) is 7.78. The molecule has 1 aliphatic rings. The zero-order chi connectivity index (χ0) is 38.0. The lowest BCUT2D eigenvalue weighted by atomic mass is 9.77. The average Bonchev–Trinajstić information content (AvgIpc) is 3.39. The molecule has 0 N–H and O–H groups in total. The van der Waals surface area contributed by atoms with E-state index in [-0.39, 0.29) is 21.7 Å². The molecule has 0 atom stereocenters. The fourth-order valence-electron chi connectivity index (χ4n) is 8.98. The van der Waals surface area contributed by atoms with Gasteiger partial charge in [0.15, 0.2) is 0 Å². The molecule has 0 aromatic heterocycles. The van der Waals surface area contributed by atoms with Crippen molar-refractivity contribution in [3.8, 4) is 44.5 Å². The molecule has 0 saturated heterocycles. The summed E-state index contributed by atoms with van der Waals surface area (Å²) in [6.07, 6.45) is 0. The predicted molar refractivity (Wildman–Crippen MR) is 234 cm³/mol. The van der Waals surface area contributed by atoms with Gasteiger partial charge in [-0.05, 0) is 139 Å². The third-order valence-electron chi connectivity index (χ3n) is 11.9. The maximum Gasteiger partial charge on any atom is -0.00201 e. The second kappa shape index (κ2) is 11.7. The SMILES string of the molecule is Cc1cc(C(C)(C)C)cc2ccc(C(C)(C)C)c(-c3ccc4c(c3)-c3cccc5c(-c6c(C(C)(C)C)ccc7cc(C(C)(C)C)ccc67)ccc-4c35)c12. The van der Waals surface area contributed by atoms with Crippen molar-refractivity contribution in [1.29, 1.82) is 0 Å². The number of rotatable bonds is 2. The van der Waals surface area contributed by atoms with Crippen LogP contribution in [-0.4, -0.2) is 0 Å². The van der Waals surface area contributed by atoms with Crippen molar-refractivity contribution in [3.05, 3.63) is 131 Å². The third-order valence-corrected chi connectivity index (χ3v) is 11.9. The van der Waals surface area contributed by atoms with Crippen molar-refractivity contribution >= 4 is 32.3 Å². The molecule has 8 rings (SSSR count). The van der Waals surface area contributed by atoms with Gasteiger partial charge in [-0.1, -0.05) is 180 Å². The molecule has 0 amide bonds. The summed E-state index contributed by atoms with van der Waals surface area (Å²) in [7, 11) is 0. The van der Waals surface area contributed by atoms with Crippen LogP contribution in [0.25, 0.3) is 76.8 Å². The molecule has 0 nitrogen and oxygen atoms in total. The molecule has 0 heterocycles. The maximum atomic E-state index is 2.50. The molecule has 0 saturated carbocycles. The van der Waals surface area contributed by atoms with Crippen molar-refractivity contribution in [2.75, 3.05) is 0 Å². The van der Waals surface area contributed by atoms with Gasteiger partial charge in [-0.15, -0.1) is 0 Å². The third kappa shape index (κ3) is 5.72. The first-order valence-electron chi connectivity index (χ1n) is 19.6. The molecule has 0 radical (unpaired) electrons. The molecular weight excluding hydrogens is 637 g/mol. The highest BCUT2D eigenvalue weighted by molar-refractivity contribution is 6.21. The minimum Gasteiger partial charge on any atom is -0.0610 e. The van der Waals surface area contributed by atoms with Crippen LogP contribution < -0.4 is 0 Å². The Bertz CT molecular complexity index is 2630. The smallest absolute Gasteiger partial charge is 0.00201 e. The fourth-order valence-corrected chi connectivity index (χ4v) is 8.98. The molecule has 0 unspecified atom stereocenters. The van der Waals surface area contributed by atoms with E-state index < -0.39 is 0 Å². The quantitative estimate of drug-likeness (QED) is 0.169. The first-order chi connectivity index (χ1) is 24.7. The lowest BCUT2D eigenvalue weighted by molar-refractivity contribution is 0.589. The van der Waals surface area contributed by atoms with E-state index in [9.17, 15) is 0 Å². The summed E-state index contributed by atoms with van der Waals surface area (Å²) in [6.45, 7) is 30.3. The predicted octanol–water partition coefficient (Wildman–Crippen LogP) is 15.6. The van der Waals surface area contributed by atoms with E-state index in [0.717, 1.165) is 0 Å². The fraction of sp³-hybridized carbons (Fsp3) is 0.321. The van der Waals surface area contributed by atoms with E-state index >= 15 is 0 Å². The van der Waals surface area contributed by atoms with Gasteiger partial charge in [0.05, 0.1) is 0 Å². The highest BCUT2D eigenvalue weighted by Gasteiger charge is 2.29. The highest BCUT2D eigenvalue weighted by Crippen LogP contribution is 2.53. The first kappa shape index (κ1) is 35.4. The van der Waals surface area contributed by atoms with E-state index in [1.165, 1.54) is 105 Å². The van der Waals surface area contributed by atoms with Crippen LogP contribution in [-0.2, 0) is 21.7 Å². The van der Waals surface area contributed by atoms with Gasteiger partial charge in [0.2, 0.25) is 0 Å². The maximum absolute atomic E-state index is 2.50. The van der Waals surface area contributed by atoms with Crippen molar-refractivity contribution in [2.24, 2.45) is 0 Å². The highest BCUT2D eigenvalue weighted by atomic mass is 14.3. The molecule has 1 aliphatic carbocycles. The largest absolute Gasteiger partial charge is 0.0610 e. The summed E-state index contributed by atoms with van der Waals surface area (Å²) in [5.41, 5.74) is 17.8. The van der Waals surface area contributed by atoms with Crippen LogP contribution in [0.15, 0.2) is 103 Å². The van der Waals surface area contributed by atoms with E-state index in [4.69, 9.17) is 0 Å². The van der Waals surface area contributed by atoms with Crippen molar-refractivity contribution in [3.63, 3.8) is 0 Å². The van der Waals surface area contributed by atoms with Crippen LogP contribution in [0.4, 0.5) is 0 Å². The van der Waals surface area contributed by atoms with Crippen LogP contribution in [0.5, 0.6) is 0 Å². The van der Waals surface area contributed by atoms with E-state index in [2.05, 4.69) is 193 Å². The first-order valence-corrected chi connectivity index (χ1v) is 19.6. The van der Waals surface area contributed by atoms with Gasteiger partial charge in [0, 0.05) is 0 Å². The van der Waals surface area contributed by atoms with Crippen LogP contribution in [0.2, 0.25) is 0 Å². The van der Waals surface area contributed by atoms with Crippen LogP contribution in [0, 0.1) is 6.92 Å². The molecule has 0 bridgehead atoms. The average molecular weight is 693 g/mol. The number of benzene rings is 7. The number of hydrogen-bond acceptors (Lipinski definition) is 0. The Labute approximate surface area is 318 Å². The summed E-state index contributed by atoms with van der Waals surface area (Å²) < 4.78 is 0. The molecule has 0 heteroatoms. The Morgan fingerprint density at radius 2 is 0.943 bits per heavy atom. The molecule has 268 valence electrons. The lowest BCUT2D eigenvalue weighted by Crippen LogP contribution is -2.14. The van der Waals surface area contributed by atoms with E-state index in [0.29, 0.717) is 0 Å². The minimum atomic E-state index is -0.0120. The zero-order valence-corrected chi connectivity index (χ0v) is 34.3. The second-order valence-corrected chi connectivity index (χ2v) is 20.0. The van der Waals surface area contributed by atoms with Gasteiger partial charge < -0.3 is 0 Å². The van der Waals surface area contributed by atoms with Crippen molar-refractivity contribution < 1.29 is 0 Å². The van der Waals surface area contributed by atoms with E-state index in [1.807, 2.05) is 0 Å². The number of fused-ring (bicyclic) bond motifs is 5. The molecule has 7 aromatic carbocycles. The van der Waals surface area contributed by atoms with Crippen molar-refractivity contribution in [2.45, 2.75) is 112 Å². The summed E-state index contributed by atoms with van der Waals surface area (Å²) in [5.74, 6) is 0. The van der Waals surface area contributed by atoms with Gasteiger partial charge in [-0.25, -0.2) is 0 Å². The van der Waals surface area contributed by atoms with Gasteiger partial charge in [0.1, 0.15) is 0 Å². The minimum absolute atomic E-state index is 0.00752. The zero-order valence-electron chi connectivity index (χ0n) is 34.3. The normalized spacial score (nSPS) is 13.4. The topological polar surface area (TPSA) is 0 Å². The summed E-state index contributed by atoms with van der Waals surface area (Å²) >= 11 is 0. The number of aryl methyl sites for hydroxylation is 1. The summed E-state index contributed by atoms with van der Waals surface area (Å²) in [5, 5.41) is 8.06. The van der Waals surface area contributed by atoms with Crippen LogP contribution >= 0.6 is 0 Å². The Balaban J connectivity index is 1.37. The Morgan fingerprint density at radius 3 is 1.60 bits per heavy atom. The molecule has 0 aliphatic heterocycles. The Hall–Kier alpha value is -4.68. The van der Waals surface area contributed by atoms with Crippen LogP contribution in [0.3, 0.4) is 0 Å². The molecule has 0 fully saturated rings. The Morgan fingerprint density at radius 1 is 0.358 bits per heavy atom. The molecule has 0 spiro atoms. The van der Waals surface area contributed by atoms with E-state index in [1.54, 1.807) is 0 Å². The molecular formula is C53H56. The van der Waals surface area contributed by atoms with Gasteiger partial charge >= 0.3 is 0 Å². The van der Waals surface area contributed by atoms with Crippen molar-refractivity contribution in [1.82, 2.24) is 0 Å². The van der Waals surface area contributed by atoms with Gasteiger partial charge in [-0.2, -0.15) is 0 Å². The summed E-state index contributed by atoms with van der Waals surface area (Å²) in [6, 6.07) is 40.5. The standard InChI is InChI=1S/C53H56/c1-31-27-36(51(5,6)7)29-33-19-26-44(52(8,9)10)47(46(31)33)34-17-21-38-41-23-24-42(39-15-14-16-40(48(39)41)43(38)30-34)49-37-22-20-35(50(2,3)4)28-32(37)18-25-45(49)53(11,12)13/h14-30H,1-13H3. The molecule has 53 heavy (non-hydrogen) atoms. The van der Waals surface area contributed by atoms with Gasteiger partial charge in [-0.3, -0.25) is 0 Å². The number of hydrogen-bond donors (Lipinski definition) is 0. The molecule has 7 aromatic rings.